The molecule has 19 heavy (non-hydrogen) atoms. The highest BCUT2D eigenvalue weighted by Gasteiger charge is 2.25. The van der Waals surface area contributed by atoms with Crippen molar-refractivity contribution >= 4 is 5.91 Å². The number of rotatable bonds is 6. The van der Waals surface area contributed by atoms with Crippen LogP contribution in [0.25, 0.3) is 0 Å². The summed E-state index contributed by atoms with van der Waals surface area (Å²) in [5.41, 5.74) is 1.90. The number of carbonyl (C=O) groups is 1. The molecule has 1 aromatic carbocycles. The molecule has 4 heteroatoms. The number of carbonyl (C=O) groups excluding carboxylic acids is 1. The molecule has 1 amide bonds. The minimum Gasteiger partial charge on any atom is -0.496 e. The van der Waals surface area contributed by atoms with E-state index in [1.807, 2.05) is 32.9 Å². The Kier molecular flexibility index (Phi) is 5.36. The largest absolute Gasteiger partial charge is 0.496 e. The average Bonchev–Trinajstić information content (AvgIpc) is 2.37. The molecule has 106 valence electrons. The standard InChI is InChI=1S/C15H24N2O2/c1-11-8-12(6-7-13(11)19-5)9-17-10-15(2,3)14(18)16-4/h6-8,17H,9-10H2,1-5H3,(H,16,18). The fraction of sp³-hybridized carbons (Fsp3) is 0.533. The first-order chi connectivity index (χ1) is 8.90. The number of ether oxygens (including phenoxy) is 1. The van der Waals surface area contributed by atoms with Gasteiger partial charge in [0.25, 0.3) is 0 Å². The van der Waals surface area contributed by atoms with Crippen molar-refractivity contribution in [2.75, 3.05) is 20.7 Å². The first kappa shape index (κ1) is 15.5. The maximum atomic E-state index is 11.6. The van der Waals surface area contributed by atoms with Crippen molar-refractivity contribution in [2.45, 2.75) is 27.3 Å². The zero-order chi connectivity index (χ0) is 14.5. The van der Waals surface area contributed by atoms with Gasteiger partial charge in [-0.05, 0) is 38.0 Å². The van der Waals surface area contributed by atoms with E-state index in [9.17, 15) is 4.79 Å². The molecule has 0 aliphatic rings. The van der Waals surface area contributed by atoms with Gasteiger partial charge in [-0.3, -0.25) is 4.79 Å². The molecule has 0 radical (unpaired) electrons. The third-order valence-corrected chi connectivity index (χ3v) is 3.20. The molecule has 0 aliphatic carbocycles. The summed E-state index contributed by atoms with van der Waals surface area (Å²) >= 11 is 0. The van der Waals surface area contributed by atoms with Crippen LogP contribution >= 0.6 is 0 Å². The highest BCUT2D eigenvalue weighted by molar-refractivity contribution is 5.81. The Morgan fingerprint density at radius 2 is 2.05 bits per heavy atom. The van der Waals surface area contributed by atoms with Crippen LogP contribution in [-0.4, -0.2) is 26.6 Å². The van der Waals surface area contributed by atoms with Gasteiger partial charge < -0.3 is 15.4 Å². The number of methoxy groups -OCH3 is 1. The number of nitrogens with one attached hydrogen (secondary N) is 2. The van der Waals surface area contributed by atoms with E-state index in [1.54, 1.807) is 14.2 Å². The second-order valence-electron chi connectivity index (χ2n) is 5.37. The van der Waals surface area contributed by atoms with Crippen LogP contribution in [0.4, 0.5) is 0 Å². The van der Waals surface area contributed by atoms with Crippen molar-refractivity contribution in [3.8, 4) is 5.75 Å². The van der Waals surface area contributed by atoms with E-state index in [4.69, 9.17) is 4.74 Å². The van der Waals surface area contributed by atoms with Crippen LogP contribution in [0, 0.1) is 12.3 Å². The van der Waals surface area contributed by atoms with Crippen molar-refractivity contribution in [1.82, 2.24) is 10.6 Å². The summed E-state index contributed by atoms with van der Waals surface area (Å²) in [7, 11) is 3.34. The van der Waals surface area contributed by atoms with Crippen LogP contribution in [0.1, 0.15) is 25.0 Å². The molecule has 0 spiro atoms. The van der Waals surface area contributed by atoms with Gasteiger partial charge in [-0.1, -0.05) is 12.1 Å². The van der Waals surface area contributed by atoms with Gasteiger partial charge >= 0.3 is 0 Å². The van der Waals surface area contributed by atoms with Crippen molar-refractivity contribution in [1.29, 1.82) is 0 Å². The van der Waals surface area contributed by atoms with Crippen LogP contribution in [0.5, 0.6) is 5.75 Å². The normalized spacial score (nSPS) is 11.2. The Bertz CT molecular complexity index is 442. The van der Waals surface area contributed by atoms with Crippen LogP contribution in [0.3, 0.4) is 0 Å². The molecule has 0 heterocycles. The summed E-state index contributed by atoms with van der Waals surface area (Å²) in [4.78, 5) is 11.6. The van der Waals surface area contributed by atoms with Gasteiger partial charge in [0.1, 0.15) is 5.75 Å². The molecule has 0 fully saturated rings. The molecule has 0 saturated carbocycles. The van der Waals surface area contributed by atoms with Crippen LogP contribution < -0.4 is 15.4 Å². The van der Waals surface area contributed by atoms with E-state index in [2.05, 4.69) is 16.7 Å². The van der Waals surface area contributed by atoms with Crippen LogP contribution in [0.2, 0.25) is 0 Å². The first-order valence-corrected chi connectivity index (χ1v) is 6.47. The Morgan fingerprint density at radius 3 is 2.58 bits per heavy atom. The van der Waals surface area contributed by atoms with Crippen molar-refractivity contribution in [3.63, 3.8) is 0 Å². The van der Waals surface area contributed by atoms with Crippen molar-refractivity contribution in [2.24, 2.45) is 5.41 Å². The van der Waals surface area contributed by atoms with Crippen molar-refractivity contribution in [3.05, 3.63) is 29.3 Å². The smallest absolute Gasteiger partial charge is 0.226 e. The number of hydrogen-bond donors (Lipinski definition) is 2. The van der Waals surface area contributed by atoms with E-state index in [0.29, 0.717) is 6.54 Å². The second-order valence-corrected chi connectivity index (χ2v) is 5.37. The summed E-state index contributed by atoms with van der Waals surface area (Å²) in [5.74, 6) is 0.945. The molecule has 0 saturated heterocycles. The summed E-state index contributed by atoms with van der Waals surface area (Å²) in [6.07, 6.45) is 0. The summed E-state index contributed by atoms with van der Waals surface area (Å²) in [6.45, 7) is 7.26. The predicted molar refractivity (Wildman–Crippen MR) is 77.3 cm³/mol. The van der Waals surface area contributed by atoms with Crippen LogP contribution in [0.15, 0.2) is 18.2 Å². The summed E-state index contributed by atoms with van der Waals surface area (Å²) in [5, 5.41) is 6.00. The highest BCUT2D eigenvalue weighted by Crippen LogP contribution is 2.19. The maximum Gasteiger partial charge on any atom is 0.226 e. The molecule has 2 N–H and O–H groups in total. The molecule has 0 aliphatic heterocycles. The lowest BCUT2D eigenvalue weighted by molar-refractivity contribution is -0.128. The fourth-order valence-corrected chi connectivity index (χ4v) is 1.99. The maximum absolute atomic E-state index is 11.6. The quantitative estimate of drug-likeness (QED) is 0.824. The molecule has 0 unspecified atom stereocenters. The number of hydrogen-bond acceptors (Lipinski definition) is 3. The third kappa shape index (κ3) is 4.24. The van der Waals surface area contributed by atoms with Crippen LogP contribution in [-0.2, 0) is 11.3 Å². The van der Waals surface area contributed by atoms with Gasteiger partial charge in [-0.25, -0.2) is 0 Å². The predicted octanol–water partition coefficient (Wildman–Crippen LogP) is 1.87. The van der Waals surface area contributed by atoms with Gasteiger partial charge in [0.15, 0.2) is 0 Å². The van der Waals surface area contributed by atoms with E-state index in [0.717, 1.165) is 17.9 Å². The minimum absolute atomic E-state index is 0.0471. The van der Waals surface area contributed by atoms with Gasteiger partial charge in [0.05, 0.1) is 12.5 Å². The zero-order valence-corrected chi connectivity index (χ0v) is 12.5. The molecule has 4 nitrogen and oxygen atoms in total. The summed E-state index contributed by atoms with van der Waals surface area (Å²) < 4.78 is 5.23. The number of amides is 1. The topological polar surface area (TPSA) is 50.4 Å². The Morgan fingerprint density at radius 1 is 1.37 bits per heavy atom. The van der Waals surface area contributed by atoms with Crippen molar-refractivity contribution < 1.29 is 9.53 Å². The monoisotopic (exact) mass is 264 g/mol. The SMILES string of the molecule is CNC(=O)C(C)(C)CNCc1ccc(OC)c(C)c1. The molecule has 1 rings (SSSR count). The Balaban J connectivity index is 2.54. The number of benzene rings is 1. The lowest BCUT2D eigenvalue weighted by Crippen LogP contribution is -2.41. The van der Waals surface area contributed by atoms with Gasteiger partial charge in [0, 0.05) is 20.1 Å². The van der Waals surface area contributed by atoms with Gasteiger partial charge in [0.2, 0.25) is 5.91 Å². The van der Waals surface area contributed by atoms with Gasteiger partial charge in [-0.2, -0.15) is 0 Å². The second kappa shape index (κ2) is 6.57. The van der Waals surface area contributed by atoms with E-state index < -0.39 is 5.41 Å². The molecule has 0 bridgehead atoms. The molecule has 0 aromatic heterocycles. The Hall–Kier alpha value is -1.55. The molecular weight excluding hydrogens is 240 g/mol. The Labute approximate surface area is 115 Å². The first-order valence-electron chi connectivity index (χ1n) is 6.47. The molecular formula is C15H24N2O2. The lowest BCUT2D eigenvalue weighted by Gasteiger charge is -2.23. The summed E-state index contributed by atoms with van der Waals surface area (Å²) in [6, 6.07) is 6.10. The average molecular weight is 264 g/mol. The fourth-order valence-electron chi connectivity index (χ4n) is 1.99. The zero-order valence-electron chi connectivity index (χ0n) is 12.5. The van der Waals surface area contributed by atoms with E-state index in [-0.39, 0.29) is 5.91 Å². The molecule has 0 atom stereocenters. The van der Waals surface area contributed by atoms with Gasteiger partial charge in [-0.15, -0.1) is 0 Å². The lowest BCUT2D eigenvalue weighted by atomic mass is 9.92. The minimum atomic E-state index is -0.406. The highest BCUT2D eigenvalue weighted by atomic mass is 16.5. The number of aryl methyl sites for hydroxylation is 1. The third-order valence-electron chi connectivity index (χ3n) is 3.20. The van der Waals surface area contributed by atoms with E-state index >= 15 is 0 Å². The molecule has 1 aromatic rings. The van der Waals surface area contributed by atoms with E-state index in [1.165, 1.54) is 5.56 Å².